The van der Waals surface area contributed by atoms with Gasteiger partial charge in [-0.15, -0.1) is 0 Å². The van der Waals surface area contributed by atoms with Crippen LogP contribution in [0.3, 0.4) is 0 Å². The molecule has 0 radical (unpaired) electrons. The molecule has 5 rings (SSSR count). The first-order valence-electron chi connectivity index (χ1n) is 11.9. The molecule has 178 valence electrons. The van der Waals surface area contributed by atoms with E-state index in [0.29, 0.717) is 11.7 Å². The lowest BCUT2D eigenvalue weighted by atomic mass is 9.96. The van der Waals surface area contributed by atoms with Crippen molar-refractivity contribution in [2.75, 3.05) is 11.5 Å². The highest BCUT2D eigenvalue weighted by Crippen LogP contribution is 2.43. The van der Waals surface area contributed by atoms with Crippen LogP contribution < -0.4 is 15.0 Å². The molecule has 7 heteroatoms. The number of aryl methyl sites for hydroxylation is 1. The van der Waals surface area contributed by atoms with Crippen LogP contribution in [0.25, 0.3) is 0 Å². The van der Waals surface area contributed by atoms with Crippen LogP contribution in [0.5, 0.6) is 5.75 Å². The van der Waals surface area contributed by atoms with Crippen LogP contribution in [-0.4, -0.2) is 26.3 Å². The van der Waals surface area contributed by atoms with Crippen molar-refractivity contribution in [3.63, 3.8) is 0 Å². The van der Waals surface area contributed by atoms with Crippen molar-refractivity contribution in [1.82, 2.24) is 19.9 Å². The molecular formula is C28H29N5OS. The molecule has 2 atom stereocenters. The number of rotatable bonds is 7. The Morgan fingerprint density at radius 2 is 1.77 bits per heavy atom. The van der Waals surface area contributed by atoms with Crippen molar-refractivity contribution in [2.45, 2.75) is 39.4 Å². The predicted molar refractivity (Wildman–Crippen MR) is 143 cm³/mol. The molecular weight excluding hydrogens is 454 g/mol. The molecule has 6 nitrogen and oxygen atoms in total. The number of benzene rings is 1. The maximum atomic E-state index is 5.89. The molecule has 1 aliphatic rings. The number of pyridine rings is 2. The van der Waals surface area contributed by atoms with E-state index in [0.717, 1.165) is 23.7 Å². The van der Waals surface area contributed by atoms with Crippen LogP contribution in [0.2, 0.25) is 0 Å². The van der Waals surface area contributed by atoms with Gasteiger partial charge in [0.25, 0.3) is 0 Å². The Labute approximate surface area is 211 Å². The monoisotopic (exact) mass is 483 g/mol. The van der Waals surface area contributed by atoms with E-state index < -0.39 is 0 Å². The van der Waals surface area contributed by atoms with Crippen molar-refractivity contribution < 1.29 is 4.74 Å². The smallest absolute Gasteiger partial charge is 0.174 e. The molecule has 1 saturated heterocycles. The molecule has 4 heterocycles. The van der Waals surface area contributed by atoms with E-state index in [2.05, 4.69) is 75.0 Å². The second kappa shape index (κ2) is 9.88. The third kappa shape index (κ3) is 4.51. The van der Waals surface area contributed by atoms with Crippen molar-refractivity contribution >= 4 is 23.0 Å². The van der Waals surface area contributed by atoms with Crippen molar-refractivity contribution in [1.29, 1.82) is 0 Å². The fourth-order valence-electron chi connectivity index (χ4n) is 4.86. The summed E-state index contributed by atoms with van der Waals surface area (Å²) in [5, 5.41) is 4.25. The molecule has 1 N–H and O–H groups in total. The van der Waals surface area contributed by atoms with Gasteiger partial charge in [-0.2, -0.15) is 0 Å². The summed E-state index contributed by atoms with van der Waals surface area (Å²) in [6.45, 7) is 7.77. The van der Waals surface area contributed by atoms with Crippen LogP contribution in [0.15, 0.2) is 79.3 Å². The van der Waals surface area contributed by atoms with Gasteiger partial charge in [0.2, 0.25) is 0 Å². The lowest BCUT2D eigenvalue weighted by Crippen LogP contribution is -2.29. The van der Waals surface area contributed by atoms with Crippen molar-refractivity contribution in [3.8, 4) is 5.75 Å². The minimum Gasteiger partial charge on any atom is -0.494 e. The highest BCUT2D eigenvalue weighted by molar-refractivity contribution is 7.80. The number of nitrogens with one attached hydrogen (secondary N) is 1. The quantitative estimate of drug-likeness (QED) is 0.350. The van der Waals surface area contributed by atoms with E-state index >= 15 is 0 Å². The normalized spacial score (nSPS) is 17.5. The summed E-state index contributed by atoms with van der Waals surface area (Å²) in [6, 6.07) is 20.5. The van der Waals surface area contributed by atoms with E-state index in [-0.39, 0.29) is 12.1 Å². The van der Waals surface area contributed by atoms with Crippen LogP contribution in [-0.2, 0) is 6.54 Å². The Bertz CT molecular complexity index is 1300. The third-order valence-corrected chi connectivity index (χ3v) is 6.86. The number of ether oxygens (including phenoxy) is 1. The first-order valence-corrected chi connectivity index (χ1v) is 12.3. The van der Waals surface area contributed by atoms with Gasteiger partial charge in [-0.25, -0.2) is 0 Å². The second-order valence-electron chi connectivity index (χ2n) is 8.69. The van der Waals surface area contributed by atoms with Gasteiger partial charge in [-0.05, 0) is 98.7 Å². The number of hydrogen-bond donors (Lipinski definition) is 1. The molecule has 0 spiro atoms. The average Bonchev–Trinajstić information content (AvgIpc) is 3.37. The SMILES string of the molecule is CCOc1ccc(N2C(=S)N[C@@H](c3ccccn3)[C@H]2c2cc(C)n(Cc3ccncc3)c2C)cc1. The Morgan fingerprint density at radius 1 is 1.00 bits per heavy atom. The number of aromatic nitrogens is 3. The minimum absolute atomic E-state index is 0.0484. The van der Waals surface area contributed by atoms with Gasteiger partial charge in [0, 0.05) is 42.2 Å². The molecule has 1 aromatic carbocycles. The summed E-state index contributed by atoms with van der Waals surface area (Å²) in [6.07, 6.45) is 5.52. The summed E-state index contributed by atoms with van der Waals surface area (Å²) in [7, 11) is 0. The van der Waals surface area contributed by atoms with Gasteiger partial charge in [0.15, 0.2) is 5.11 Å². The third-order valence-electron chi connectivity index (χ3n) is 6.55. The van der Waals surface area contributed by atoms with Crippen LogP contribution >= 0.6 is 12.2 Å². The second-order valence-corrected chi connectivity index (χ2v) is 9.08. The molecule has 0 saturated carbocycles. The van der Waals surface area contributed by atoms with E-state index in [9.17, 15) is 0 Å². The van der Waals surface area contributed by atoms with E-state index in [1.165, 1.54) is 22.5 Å². The van der Waals surface area contributed by atoms with Crippen LogP contribution in [0.1, 0.15) is 47.2 Å². The van der Waals surface area contributed by atoms with Gasteiger partial charge in [-0.1, -0.05) is 6.07 Å². The largest absolute Gasteiger partial charge is 0.494 e. The summed E-state index contributed by atoms with van der Waals surface area (Å²) in [5.74, 6) is 0.850. The summed E-state index contributed by atoms with van der Waals surface area (Å²) >= 11 is 5.89. The van der Waals surface area contributed by atoms with Gasteiger partial charge in [-0.3, -0.25) is 9.97 Å². The summed E-state index contributed by atoms with van der Waals surface area (Å²) in [5.41, 5.74) is 6.86. The molecule has 0 unspecified atom stereocenters. The minimum atomic E-state index is -0.0786. The number of nitrogens with zero attached hydrogens (tertiary/aromatic N) is 4. The highest BCUT2D eigenvalue weighted by Gasteiger charge is 2.42. The Balaban J connectivity index is 1.59. The number of anilines is 1. The van der Waals surface area contributed by atoms with Gasteiger partial charge in [0.1, 0.15) is 5.75 Å². The first-order chi connectivity index (χ1) is 17.1. The van der Waals surface area contributed by atoms with E-state index in [4.69, 9.17) is 17.0 Å². The molecule has 1 aliphatic heterocycles. The zero-order valence-corrected chi connectivity index (χ0v) is 21.0. The predicted octanol–water partition coefficient (Wildman–Crippen LogP) is 5.52. The Kier molecular flexibility index (Phi) is 6.51. The Morgan fingerprint density at radius 3 is 2.46 bits per heavy atom. The topological polar surface area (TPSA) is 55.2 Å². The highest BCUT2D eigenvalue weighted by atomic mass is 32.1. The zero-order valence-electron chi connectivity index (χ0n) is 20.2. The molecule has 3 aromatic heterocycles. The van der Waals surface area contributed by atoms with Crippen LogP contribution in [0.4, 0.5) is 5.69 Å². The van der Waals surface area contributed by atoms with E-state index in [1.807, 2.05) is 49.8 Å². The van der Waals surface area contributed by atoms with E-state index in [1.54, 1.807) is 0 Å². The molecule has 0 amide bonds. The maximum Gasteiger partial charge on any atom is 0.174 e. The molecule has 35 heavy (non-hydrogen) atoms. The molecule has 4 aromatic rings. The number of hydrogen-bond acceptors (Lipinski definition) is 4. The standard InChI is InChI=1S/C28H29N5OS/c1-4-34-23-10-8-22(9-11-23)33-27(26(31-28(33)35)25-7-5-6-14-30-25)24-17-19(2)32(20(24)3)18-21-12-15-29-16-13-21/h5-17,26-27H,4,18H2,1-3H3,(H,31,35)/t26-,27+/m0/s1. The maximum absolute atomic E-state index is 5.89. The molecule has 0 aliphatic carbocycles. The summed E-state index contributed by atoms with van der Waals surface area (Å²) in [4.78, 5) is 11.1. The van der Waals surface area contributed by atoms with Crippen LogP contribution in [0, 0.1) is 13.8 Å². The molecule has 0 bridgehead atoms. The Hall–Kier alpha value is -3.71. The summed E-state index contributed by atoms with van der Waals surface area (Å²) < 4.78 is 8.02. The van der Waals surface area contributed by atoms with Crippen molar-refractivity contribution in [2.24, 2.45) is 0 Å². The fourth-order valence-corrected chi connectivity index (χ4v) is 5.21. The zero-order chi connectivity index (χ0) is 24.4. The van der Waals surface area contributed by atoms with Gasteiger partial charge in [0.05, 0.1) is 24.4 Å². The van der Waals surface area contributed by atoms with Gasteiger partial charge >= 0.3 is 0 Å². The first kappa shape index (κ1) is 23.1. The fraction of sp³-hybridized carbons (Fsp3) is 0.250. The lowest BCUT2D eigenvalue weighted by molar-refractivity contribution is 0.340. The lowest BCUT2D eigenvalue weighted by Gasteiger charge is -2.28. The average molecular weight is 484 g/mol. The van der Waals surface area contributed by atoms with Crippen molar-refractivity contribution in [3.05, 3.63) is 107 Å². The van der Waals surface area contributed by atoms with Gasteiger partial charge < -0.3 is 19.5 Å². The number of thiocarbonyl (C=S) groups is 1. The molecule has 1 fully saturated rings.